The van der Waals surface area contributed by atoms with E-state index in [4.69, 9.17) is 11.6 Å². The number of hydrogen-bond donors (Lipinski definition) is 2. The third-order valence-corrected chi connectivity index (χ3v) is 7.51. The SMILES string of the molecule is O=C(CSc1nc2scc(-c3ccc4c(c3)CCCC4)c2c(=O)[nH]1)Nc1cccc(Cl)c1. The van der Waals surface area contributed by atoms with E-state index in [1.54, 1.807) is 24.3 Å². The molecule has 2 aromatic carbocycles. The van der Waals surface area contributed by atoms with E-state index < -0.39 is 0 Å². The van der Waals surface area contributed by atoms with E-state index in [-0.39, 0.29) is 17.2 Å². The minimum absolute atomic E-state index is 0.129. The van der Waals surface area contributed by atoms with Gasteiger partial charge in [-0.1, -0.05) is 47.6 Å². The molecule has 1 aliphatic carbocycles. The molecule has 32 heavy (non-hydrogen) atoms. The predicted molar refractivity (Wildman–Crippen MR) is 133 cm³/mol. The molecule has 0 radical (unpaired) electrons. The van der Waals surface area contributed by atoms with E-state index in [0.717, 1.165) is 24.0 Å². The summed E-state index contributed by atoms with van der Waals surface area (Å²) in [5, 5.41) is 6.39. The zero-order chi connectivity index (χ0) is 22.1. The minimum Gasteiger partial charge on any atom is -0.325 e. The molecule has 0 aliphatic heterocycles. The molecule has 1 amide bonds. The van der Waals surface area contributed by atoms with Crippen LogP contribution in [0.2, 0.25) is 5.02 Å². The van der Waals surface area contributed by atoms with Crippen molar-refractivity contribution in [2.45, 2.75) is 30.8 Å². The van der Waals surface area contributed by atoms with Crippen molar-refractivity contribution in [2.75, 3.05) is 11.1 Å². The number of anilines is 1. The van der Waals surface area contributed by atoms with Crippen LogP contribution in [0, 0.1) is 0 Å². The number of amides is 1. The van der Waals surface area contributed by atoms with Gasteiger partial charge in [0.15, 0.2) is 5.16 Å². The monoisotopic (exact) mass is 481 g/mol. The molecule has 2 heterocycles. The number of thioether (sulfide) groups is 1. The van der Waals surface area contributed by atoms with Crippen LogP contribution in [-0.4, -0.2) is 21.6 Å². The first-order valence-electron chi connectivity index (χ1n) is 10.4. The molecule has 1 aliphatic rings. The normalized spacial score (nSPS) is 13.2. The third kappa shape index (κ3) is 4.46. The van der Waals surface area contributed by atoms with Crippen molar-refractivity contribution < 1.29 is 4.79 Å². The maximum atomic E-state index is 12.9. The lowest BCUT2D eigenvalue weighted by Gasteiger charge is -2.16. The summed E-state index contributed by atoms with van der Waals surface area (Å²) >= 11 is 8.60. The lowest BCUT2D eigenvalue weighted by molar-refractivity contribution is -0.113. The smallest absolute Gasteiger partial charge is 0.260 e. The second-order valence-electron chi connectivity index (χ2n) is 7.74. The second-order valence-corrected chi connectivity index (χ2v) is 10.00. The molecule has 0 saturated carbocycles. The summed E-state index contributed by atoms with van der Waals surface area (Å²) in [6, 6.07) is 13.5. The Labute approximate surface area is 198 Å². The zero-order valence-electron chi connectivity index (χ0n) is 17.1. The van der Waals surface area contributed by atoms with Crippen LogP contribution in [0.3, 0.4) is 0 Å². The van der Waals surface area contributed by atoms with Crippen molar-refractivity contribution in [3.63, 3.8) is 0 Å². The van der Waals surface area contributed by atoms with Gasteiger partial charge in [0, 0.05) is 21.7 Å². The minimum atomic E-state index is -0.194. The van der Waals surface area contributed by atoms with E-state index in [2.05, 4.69) is 33.5 Å². The number of carbonyl (C=O) groups excluding carboxylic acids is 1. The summed E-state index contributed by atoms with van der Waals surface area (Å²) in [6.45, 7) is 0. The Morgan fingerprint density at radius 1 is 1.16 bits per heavy atom. The molecule has 4 aromatic rings. The summed E-state index contributed by atoms with van der Waals surface area (Å²) < 4.78 is 0. The van der Waals surface area contributed by atoms with Crippen molar-refractivity contribution in [2.24, 2.45) is 0 Å². The van der Waals surface area contributed by atoms with Gasteiger partial charge in [0.2, 0.25) is 5.91 Å². The maximum Gasteiger partial charge on any atom is 0.260 e. The fraction of sp³-hybridized carbons (Fsp3) is 0.208. The van der Waals surface area contributed by atoms with Crippen LogP contribution in [0.25, 0.3) is 21.3 Å². The Hall–Kier alpha value is -2.61. The van der Waals surface area contributed by atoms with Gasteiger partial charge in [0.25, 0.3) is 5.56 Å². The quantitative estimate of drug-likeness (QED) is 0.274. The van der Waals surface area contributed by atoms with E-state index in [1.807, 2.05) is 5.38 Å². The molecule has 0 bridgehead atoms. The Balaban J connectivity index is 1.35. The van der Waals surface area contributed by atoms with Gasteiger partial charge in [0.1, 0.15) is 4.83 Å². The number of H-pyrrole nitrogens is 1. The summed E-state index contributed by atoms with van der Waals surface area (Å²) in [6.07, 6.45) is 4.69. The molecule has 0 spiro atoms. The number of benzene rings is 2. The molecule has 8 heteroatoms. The molecule has 162 valence electrons. The van der Waals surface area contributed by atoms with E-state index >= 15 is 0 Å². The number of aromatic amines is 1. The number of carbonyl (C=O) groups is 1. The largest absolute Gasteiger partial charge is 0.325 e. The Kier molecular flexibility index (Phi) is 6.04. The first-order valence-corrected chi connectivity index (χ1v) is 12.6. The molecular weight excluding hydrogens is 462 g/mol. The third-order valence-electron chi connectivity index (χ3n) is 5.53. The number of nitrogens with zero attached hydrogens (tertiary/aromatic N) is 1. The highest BCUT2D eigenvalue weighted by molar-refractivity contribution is 7.99. The molecule has 2 aromatic heterocycles. The van der Waals surface area contributed by atoms with Crippen LogP contribution in [0.15, 0.2) is 57.8 Å². The molecule has 0 atom stereocenters. The van der Waals surface area contributed by atoms with Crippen LogP contribution in [0.4, 0.5) is 5.69 Å². The number of aromatic nitrogens is 2. The standard InChI is InChI=1S/C24H20ClN3O2S2/c25-17-6-3-7-18(11-17)26-20(29)13-32-24-27-22(30)21-19(12-31-23(21)28-24)16-9-8-14-4-1-2-5-15(14)10-16/h3,6-12H,1-2,4-5,13H2,(H,26,29)(H,27,28,30). The number of halogens is 1. The fourth-order valence-corrected chi connectivity index (χ4v) is 5.86. The van der Waals surface area contributed by atoms with Crippen LogP contribution >= 0.6 is 34.7 Å². The number of fused-ring (bicyclic) bond motifs is 2. The van der Waals surface area contributed by atoms with Crippen LogP contribution in [0.1, 0.15) is 24.0 Å². The van der Waals surface area contributed by atoms with Crippen molar-refractivity contribution >= 4 is 56.5 Å². The highest BCUT2D eigenvalue weighted by Gasteiger charge is 2.16. The molecule has 5 rings (SSSR count). The Morgan fingerprint density at radius 2 is 2.00 bits per heavy atom. The summed E-state index contributed by atoms with van der Waals surface area (Å²) in [5.74, 6) is -0.0646. The van der Waals surface area contributed by atoms with Gasteiger partial charge < -0.3 is 10.3 Å². The summed E-state index contributed by atoms with van der Waals surface area (Å²) in [4.78, 5) is 33.3. The van der Waals surface area contributed by atoms with Crippen molar-refractivity contribution in [3.05, 3.63) is 74.3 Å². The molecule has 0 unspecified atom stereocenters. The van der Waals surface area contributed by atoms with Gasteiger partial charge in [-0.05, 0) is 60.6 Å². The van der Waals surface area contributed by atoms with E-state index in [9.17, 15) is 9.59 Å². The van der Waals surface area contributed by atoms with Gasteiger partial charge in [-0.3, -0.25) is 9.59 Å². The fourth-order valence-electron chi connectivity index (χ4n) is 4.01. The lowest BCUT2D eigenvalue weighted by atomic mass is 9.89. The van der Waals surface area contributed by atoms with Crippen LogP contribution in [0.5, 0.6) is 0 Å². The average Bonchev–Trinajstić information content (AvgIpc) is 3.22. The van der Waals surface area contributed by atoms with Gasteiger partial charge in [-0.2, -0.15) is 0 Å². The number of hydrogen-bond acceptors (Lipinski definition) is 5. The summed E-state index contributed by atoms with van der Waals surface area (Å²) in [5.41, 5.74) is 5.24. The average molecular weight is 482 g/mol. The molecule has 2 N–H and O–H groups in total. The number of aryl methyl sites for hydroxylation is 2. The van der Waals surface area contributed by atoms with Crippen molar-refractivity contribution in [1.29, 1.82) is 0 Å². The van der Waals surface area contributed by atoms with Crippen LogP contribution in [-0.2, 0) is 17.6 Å². The topological polar surface area (TPSA) is 74.8 Å². The van der Waals surface area contributed by atoms with Crippen molar-refractivity contribution in [1.82, 2.24) is 9.97 Å². The Bertz CT molecular complexity index is 1380. The number of thiophene rings is 1. The molecule has 0 fully saturated rings. The van der Waals surface area contributed by atoms with E-state index in [0.29, 0.717) is 26.1 Å². The predicted octanol–water partition coefficient (Wildman–Crippen LogP) is 5.91. The van der Waals surface area contributed by atoms with Gasteiger partial charge in [0.05, 0.1) is 11.1 Å². The highest BCUT2D eigenvalue weighted by atomic mass is 35.5. The zero-order valence-corrected chi connectivity index (χ0v) is 19.5. The lowest BCUT2D eigenvalue weighted by Crippen LogP contribution is -2.15. The van der Waals surface area contributed by atoms with Crippen molar-refractivity contribution in [3.8, 4) is 11.1 Å². The number of nitrogens with one attached hydrogen (secondary N) is 2. The highest BCUT2D eigenvalue weighted by Crippen LogP contribution is 2.34. The molecule has 5 nitrogen and oxygen atoms in total. The number of rotatable bonds is 5. The second kappa shape index (κ2) is 9.10. The van der Waals surface area contributed by atoms with Gasteiger partial charge in [-0.25, -0.2) is 4.98 Å². The maximum absolute atomic E-state index is 12.9. The summed E-state index contributed by atoms with van der Waals surface area (Å²) in [7, 11) is 0. The molecular formula is C24H20ClN3O2S2. The van der Waals surface area contributed by atoms with E-state index in [1.165, 1.54) is 47.1 Å². The van der Waals surface area contributed by atoms with Crippen LogP contribution < -0.4 is 10.9 Å². The molecule has 0 saturated heterocycles. The first-order chi connectivity index (χ1) is 15.6. The Morgan fingerprint density at radius 3 is 2.84 bits per heavy atom. The van der Waals surface area contributed by atoms with Gasteiger partial charge in [-0.15, -0.1) is 11.3 Å². The van der Waals surface area contributed by atoms with Gasteiger partial charge >= 0.3 is 0 Å². The first kappa shape index (κ1) is 21.2.